The van der Waals surface area contributed by atoms with Crippen LogP contribution in [0.4, 0.5) is 0 Å². The van der Waals surface area contributed by atoms with E-state index in [2.05, 4.69) is 4.98 Å². The van der Waals surface area contributed by atoms with E-state index in [-0.39, 0.29) is 30.2 Å². The van der Waals surface area contributed by atoms with Crippen molar-refractivity contribution in [2.75, 3.05) is 20.8 Å². The van der Waals surface area contributed by atoms with Crippen LogP contribution in [-0.4, -0.2) is 48.7 Å². The molecule has 2 heterocycles. The molecule has 0 saturated heterocycles. The summed E-state index contributed by atoms with van der Waals surface area (Å²) >= 11 is 6.50. The topological polar surface area (TPSA) is 107 Å². The van der Waals surface area contributed by atoms with Crippen molar-refractivity contribution < 1.29 is 19.0 Å². The third-order valence-corrected chi connectivity index (χ3v) is 7.15. The zero-order valence-electron chi connectivity index (χ0n) is 20.1. The Morgan fingerprint density at radius 2 is 1.94 bits per heavy atom. The van der Waals surface area contributed by atoms with E-state index in [4.69, 9.17) is 31.5 Å². The van der Waals surface area contributed by atoms with Gasteiger partial charge in [-0.05, 0) is 57.6 Å². The number of ether oxygens (including phenoxy) is 3. The van der Waals surface area contributed by atoms with Crippen molar-refractivity contribution in [3.05, 3.63) is 49.9 Å². The molecule has 1 atom stereocenters. The first kappa shape index (κ1) is 24.4. The summed E-state index contributed by atoms with van der Waals surface area (Å²) in [6.07, 6.45) is 3.83. The highest BCUT2D eigenvalue weighted by molar-refractivity contribution is 6.32. The third kappa shape index (κ3) is 4.74. The van der Waals surface area contributed by atoms with Crippen molar-refractivity contribution in [2.24, 2.45) is 11.7 Å². The van der Waals surface area contributed by atoms with E-state index in [0.29, 0.717) is 57.2 Å². The molecule has 1 aliphatic heterocycles. The molecule has 34 heavy (non-hydrogen) atoms. The van der Waals surface area contributed by atoms with Crippen LogP contribution in [0.15, 0.2) is 16.9 Å². The summed E-state index contributed by atoms with van der Waals surface area (Å²) in [6, 6.07) is 3.59. The normalized spacial score (nSPS) is 21.8. The predicted octanol–water partition coefficient (Wildman–Crippen LogP) is 3.58. The van der Waals surface area contributed by atoms with Crippen molar-refractivity contribution in [3.63, 3.8) is 0 Å². The molecule has 3 N–H and O–H groups in total. The minimum Gasteiger partial charge on any atom is -0.496 e. The minimum absolute atomic E-state index is 0.0775. The number of H-pyrrole nitrogens is 1. The van der Waals surface area contributed by atoms with Gasteiger partial charge >= 0.3 is 0 Å². The second-order valence-electron chi connectivity index (χ2n) is 9.32. The Labute approximate surface area is 204 Å². The lowest BCUT2D eigenvalue weighted by Crippen LogP contribution is -2.40. The van der Waals surface area contributed by atoms with Gasteiger partial charge in [-0.2, -0.15) is 0 Å². The molecule has 1 fully saturated rings. The SMILES string of the molecule is COc1cc(C)[nH]c(=O)c1CN(C)C(=O)c1cc(Cl)c2c(c1C)O[C@@H](C1CCC(N)CC1)CO2. The maximum Gasteiger partial charge on any atom is 0.256 e. The number of methoxy groups -OCH3 is 1. The molecule has 0 spiro atoms. The lowest BCUT2D eigenvalue weighted by Gasteiger charge is -2.36. The number of rotatable bonds is 5. The van der Waals surface area contributed by atoms with E-state index in [0.717, 1.165) is 25.7 Å². The second-order valence-corrected chi connectivity index (χ2v) is 9.73. The number of pyridine rings is 1. The molecule has 1 saturated carbocycles. The fraction of sp³-hybridized carbons (Fsp3) is 0.520. The second kappa shape index (κ2) is 9.88. The molecule has 2 aromatic rings. The lowest BCUT2D eigenvalue weighted by atomic mass is 9.83. The Balaban J connectivity index is 1.58. The number of carbonyl (C=O) groups excluding carboxylic acids is 1. The van der Waals surface area contributed by atoms with Crippen LogP contribution in [0.3, 0.4) is 0 Å². The number of nitrogens with two attached hydrogens (primary N) is 1. The zero-order chi connectivity index (χ0) is 24.6. The van der Waals surface area contributed by atoms with Gasteiger partial charge in [-0.3, -0.25) is 9.59 Å². The average Bonchev–Trinajstić information content (AvgIpc) is 2.82. The summed E-state index contributed by atoms with van der Waals surface area (Å²) in [7, 11) is 3.14. The van der Waals surface area contributed by atoms with Crippen LogP contribution in [0.2, 0.25) is 5.02 Å². The van der Waals surface area contributed by atoms with Gasteiger partial charge in [-0.1, -0.05) is 11.6 Å². The minimum atomic E-state index is -0.288. The molecule has 1 aromatic heterocycles. The number of hydrogen-bond acceptors (Lipinski definition) is 6. The predicted molar refractivity (Wildman–Crippen MR) is 130 cm³/mol. The van der Waals surface area contributed by atoms with Gasteiger partial charge in [0.05, 0.1) is 24.2 Å². The number of amides is 1. The van der Waals surface area contributed by atoms with Crippen LogP contribution in [0.25, 0.3) is 0 Å². The number of aromatic nitrogens is 1. The summed E-state index contributed by atoms with van der Waals surface area (Å²) in [5, 5.41) is 0.326. The maximum atomic E-state index is 13.4. The number of nitrogens with zero attached hydrogens (tertiary/aromatic N) is 1. The van der Waals surface area contributed by atoms with E-state index < -0.39 is 0 Å². The summed E-state index contributed by atoms with van der Waals surface area (Å²) in [4.78, 5) is 30.1. The fourth-order valence-electron chi connectivity index (χ4n) is 4.83. The first-order valence-electron chi connectivity index (χ1n) is 11.6. The molecule has 9 heteroatoms. The summed E-state index contributed by atoms with van der Waals surface area (Å²) < 4.78 is 17.7. The van der Waals surface area contributed by atoms with Gasteiger partial charge < -0.3 is 29.8 Å². The highest BCUT2D eigenvalue weighted by Crippen LogP contribution is 2.45. The third-order valence-electron chi connectivity index (χ3n) is 6.86. The number of aryl methyl sites for hydroxylation is 1. The molecule has 184 valence electrons. The largest absolute Gasteiger partial charge is 0.496 e. The first-order chi connectivity index (χ1) is 16.2. The zero-order valence-corrected chi connectivity index (χ0v) is 20.8. The molecule has 0 bridgehead atoms. The van der Waals surface area contributed by atoms with Crippen molar-refractivity contribution >= 4 is 17.5 Å². The van der Waals surface area contributed by atoms with Crippen LogP contribution in [-0.2, 0) is 6.54 Å². The number of benzene rings is 1. The van der Waals surface area contributed by atoms with E-state index >= 15 is 0 Å². The summed E-state index contributed by atoms with van der Waals surface area (Å²) in [5.41, 5.74) is 7.90. The molecule has 0 radical (unpaired) electrons. The number of carbonyl (C=O) groups is 1. The smallest absolute Gasteiger partial charge is 0.256 e. The molecular formula is C25H32ClN3O5. The number of fused-ring (bicyclic) bond motifs is 1. The van der Waals surface area contributed by atoms with Gasteiger partial charge in [0.2, 0.25) is 0 Å². The summed E-state index contributed by atoms with van der Waals surface area (Å²) in [5.74, 6) is 1.50. The monoisotopic (exact) mass is 489 g/mol. The molecular weight excluding hydrogens is 458 g/mol. The van der Waals surface area contributed by atoms with Crippen molar-refractivity contribution in [2.45, 2.75) is 58.2 Å². The Kier molecular flexibility index (Phi) is 7.09. The van der Waals surface area contributed by atoms with Crippen LogP contribution in [0.1, 0.15) is 52.9 Å². The number of aromatic amines is 1. The number of hydrogen-bond donors (Lipinski definition) is 2. The van der Waals surface area contributed by atoms with Gasteiger partial charge in [-0.15, -0.1) is 0 Å². The van der Waals surface area contributed by atoms with E-state index in [1.165, 1.54) is 12.0 Å². The van der Waals surface area contributed by atoms with Gasteiger partial charge in [0.15, 0.2) is 11.5 Å². The van der Waals surface area contributed by atoms with E-state index in [1.807, 2.05) is 6.92 Å². The van der Waals surface area contributed by atoms with Crippen LogP contribution in [0.5, 0.6) is 17.2 Å². The number of nitrogens with one attached hydrogen (secondary N) is 1. The molecule has 1 aliphatic carbocycles. The lowest BCUT2D eigenvalue weighted by molar-refractivity contribution is 0.0314. The number of halogens is 1. The Morgan fingerprint density at radius 1 is 1.24 bits per heavy atom. The molecule has 1 aromatic carbocycles. The molecule has 2 aliphatic rings. The van der Waals surface area contributed by atoms with Crippen molar-refractivity contribution in [1.82, 2.24) is 9.88 Å². The van der Waals surface area contributed by atoms with Gasteiger partial charge in [0, 0.05) is 29.9 Å². The highest BCUT2D eigenvalue weighted by atomic mass is 35.5. The quantitative estimate of drug-likeness (QED) is 0.664. The summed E-state index contributed by atoms with van der Waals surface area (Å²) in [6.45, 7) is 4.11. The Morgan fingerprint density at radius 3 is 2.62 bits per heavy atom. The van der Waals surface area contributed by atoms with Crippen LogP contribution >= 0.6 is 11.6 Å². The van der Waals surface area contributed by atoms with E-state index in [9.17, 15) is 9.59 Å². The molecule has 1 amide bonds. The highest BCUT2D eigenvalue weighted by Gasteiger charge is 2.34. The van der Waals surface area contributed by atoms with E-state index in [1.54, 1.807) is 26.1 Å². The maximum absolute atomic E-state index is 13.4. The average molecular weight is 490 g/mol. The Bertz CT molecular complexity index is 1140. The van der Waals surface area contributed by atoms with Crippen LogP contribution in [0, 0.1) is 19.8 Å². The fourth-order valence-corrected chi connectivity index (χ4v) is 5.08. The van der Waals surface area contributed by atoms with Crippen LogP contribution < -0.4 is 25.5 Å². The van der Waals surface area contributed by atoms with Crippen molar-refractivity contribution in [3.8, 4) is 17.2 Å². The first-order valence-corrected chi connectivity index (χ1v) is 12.0. The molecule has 4 rings (SSSR count). The van der Waals surface area contributed by atoms with Gasteiger partial charge in [0.1, 0.15) is 18.5 Å². The molecule has 0 unspecified atom stereocenters. The van der Waals surface area contributed by atoms with Gasteiger partial charge in [-0.25, -0.2) is 0 Å². The van der Waals surface area contributed by atoms with Gasteiger partial charge in [0.25, 0.3) is 11.5 Å². The van der Waals surface area contributed by atoms with Crippen molar-refractivity contribution in [1.29, 1.82) is 0 Å². The Hall–Kier alpha value is -2.71. The molecule has 8 nitrogen and oxygen atoms in total. The standard InChI is InChI=1S/C25H32ClN3O5/c1-13-9-20(32-4)18(24(30)28-13)11-29(3)25(31)17-10-19(26)23-22(14(17)2)34-21(12-33-23)15-5-7-16(27)8-6-15/h9-10,15-16,21H,5-8,11-12,27H2,1-4H3,(H,28,30)/t15?,16?,21-/m1/s1.